The third kappa shape index (κ3) is 3.97. The lowest BCUT2D eigenvalue weighted by Crippen LogP contribution is -1.99. The molecule has 3 nitrogen and oxygen atoms in total. The van der Waals surface area contributed by atoms with Gasteiger partial charge in [0.2, 0.25) is 0 Å². The molecule has 0 saturated carbocycles. The number of ether oxygens (including phenoxy) is 1. The summed E-state index contributed by atoms with van der Waals surface area (Å²) in [6.07, 6.45) is 4.63. The molecule has 0 unspecified atom stereocenters. The van der Waals surface area contributed by atoms with Crippen molar-refractivity contribution in [2.24, 2.45) is 0 Å². The van der Waals surface area contributed by atoms with Gasteiger partial charge in [-0.15, -0.1) is 0 Å². The molecule has 0 saturated heterocycles. The lowest BCUT2D eigenvalue weighted by Gasteiger charge is -2.11. The molecule has 4 aromatic rings. The average Bonchev–Trinajstić information content (AvgIpc) is 3.04. The minimum atomic E-state index is 0. The van der Waals surface area contributed by atoms with Gasteiger partial charge in [-0.25, -0.2) is 4.98 Å². The van der Waals surface area contributed by atoms with E-state index in [2.05, 4.69) is 50.2 Å². The number of aromatic nitrogens is 2. The maximum Gasteiger partial charge on any atom is 0.137 e. The molecule has 132 valence electrons. The van der Waals surface area contributed by atoms with Crippen LogP contribution in [-0.4, -0.2) is 9.97 Å². The zero-order valence-electron chi connectivity index (χ0n) is 13.6. The molecule has 26 heavy (non-hydrogen) atoms. The SMILES string of the molecule is Brc1cnc2[nH]cc(Cc3ccccc3OCc3ccccc3)c2c1.C. The second-order valence-corrected chi connectivity index (χ2v) is 6.84. The first kappa shape index (κ1) is 18.2. The van der Waals surface area contributed by atoms with E-state index in [0.717, 1.165) is 33.2 Å². The van der Waals surface area contributed by atoms with Crippen molar-refractivity contribution in [2.45, 2.75) is 20.5 Å². The highest BCUT2D eigenvalue weighted by Crippen LogP contribution is 2.27. The van der Waals surface area contributed by atoms with Crippen molar-refractivity contribution in [1.82, 2.24) is 9.97 Å². The fourth-order valence-electron chi connectivity index (χ4n) is 2.91. The Morgan fingerprint density at radius 1 is 0.962 bits per heavy atom. The van der Waals surface area contributed by atoms with Crippen molar-refractivity contribution in [1.29, 1.82) is 0 Å². The predicted molar refractivity (Wildman–Crippen MR) is 111 cm³/mol. The molecule has 4 heteroatoms. The van der Waals surface area contributed by atoms with E-state index in [-0.39, 0.29) is 7.43 Å². The van der Waals surface area contributed by atoms with Crippen LogP contribution < -0.4 is 4.74 Å². The van der Waals surface area contributed by atoms with E-state index in [4.69, 9.17) is 4.74 Å². The number of para-hydroxylation sites is 1. The predicted octanol–water partition coefficient (Wildman–Crippen LogP) is 6.13. The second kappa shape index (κ2) is 8.19. The van der Waals surface area contributed by atoms with Crippen molar-refractivity contribution >= 4 is 27.0 Å². The molecule has 0 fully saturated rings. The molecule has 2 aromatic carbocycles. The van der Waals surface area contributed by atoms with Crippen LogP contribution >= 0.6 is 15.9 Å². The smallest absolute Gasteiger partial charge is 0.137 e. The summed E-state index contributed by atoms with van der Waals surface area (Å²) in [6.45, 7) is 0.568. The number of H-pyrrole nitrogens is 1. The van der Waals surface area contributed by atoms with Crippen LogP contribution in [0.5, 0.6) is 5.75 Å². The van der Waals surface area contributed by atoms with Crippen molar-refractivity contribution < 1.29 is 4.74 Å². The standard InChI is InChI=1S/C21H17BrN2O.CH4/c22-18-11-19-17(12-23-21(19)24-13-18)10-16-8-4-5-9-20(16)25-14-15-6-2-1-3-7-15;/h1-9,11-13H,10,14H2,(H,23,24);1H4. The van der Waals surface area contributed by atoms with Gasteiger partial charge in [-0.2, -0.15) is 0 Å². The molecule has 0 atom stereocenters. The zero-order valence-corrected chi connectivity index (χ0v) is 15.2. The van der Waals surface area contributed by atoms with Gasteiger partial charge in [0.15, 0.2) is 0 Å². The van der Waals surface area contributed by atoms with Crippen LogP contribution in [0.1, 0.15) is 24.1 Å². The highest BCUT2D eigenvalue weighted by Gasteiger charge is 2.10. The number of pyridine rings is 1. The topological polar surface area (TPSA) is 37.9 Å². The van der Waals surface area contributed by atoms with E-state index in [1.165, 1.54) is 11.1 Å². The van der Waals surface area contributed by atoms with E-state index in [9.17, 15) is 0 Å². The number of nitrogens with zero attached hydrogens (tertiary/aromatic N) is 1. The molecule has 0 radical (unpaired) electrons. The van der Waals surface area contributed by atoms with Gasteiger partial charge in [-0.3, -0.25) is 0 Å². The van der Waals surface area contributed by atoms with Crippen LogP contribution in [0.3, 0.4) is 0 Å². The highest BCUT2D eigenvalue weighted by molar-refractivity contribution is 9.10. The Bertz CT molecular complexity index is 995. The normalized spacial score (nSPS) is 10.5. The number of hydrogen-bond acceptors (Lipinski definition) is 2. The molecule has 2 aromatic heterocycles. The summed E-state index contributed by atoms with van der Waals surface area (Å²) in [5, 5.41) is 1.13. The van der Waals surface area contributed by atoms with E-state index in [0.29, 0.717) is 6.61 Å². The van der Waals surface area contributed by atoms with Gasteiger partial charge in [0.05, 0.1) is 0 Å². The van der Waals surface area contributed by atoms with E-state index >= 15 is 0 Å². The Hall–Kier alpha value is -2.59. The van der Waals surface area contributed by atoms with Crippen LogP contribution in [0, 0.1) is 0 Å². The van der Waals surface area contributed by atoms with Crippen molar-refractivity contribution in [3.8, 4) is 5.75 Å². The Morgan fingerprint density at radius 3 is 2.58 bits per heavy atom. The minimum absolute atomic E-state index is 0. The van der Waals surface area contributed by atoms with E-state index < -0.39 is 0 Å². The average molecular weight is 409 g/mol. The Balaban J connectivity index is 0.00000196. The maximum absolute atomic E-state index is 6.07. The first-order valence-electron chi connectivity index (χ1n) is 8.16. The lowest BCUT2D eigenvalue weighted by atomic mass is 10.0. The first-order chi connectivity index (χ1) is 12.3. The molecule has 4 rings (SSSR count). The highest BCUT2D eigenvalue weighted by atomic mass is 79.9. The van der Waals surface area contributed by atoms with Gasteiger partial charge in [-0.05, 0) is 44.8 Å². The molecule has 0 aliphatic heterocycles. The fourth-order valence-corrected chi connectivity index (χ4v) is 3.24. The fraction of sp³-hybridized carbons (Fsp3) is 0.136. The summed E-state index contributed by atoms with van der Waals surface area (Å²) in [5.74, 6) is 0.920. The van der Waals surface area contributed by atoms with Crippen molar-refractivity contribution in [3.63, 3.8) is 0 Å². The number of hydrogen-bond donors (Lipinski definition) is 1. The zero-order chi connectivity index (χ0) is 17.1. The molecule has 0 aliphatic carbocycles. The van der Waals surface area contributed by atoms with Crippen LogP contribution in [0.2, 0.25) is 0 Å². The number of nitrogens with one attached hydrogen (secondary N) is 1. The largest absolute Gasteiger partial charge is 0.489 e. The maximum atomic E-state index is 6.07. The molecule has 0 amide bonds. The van der Waals surface area contributed by atoms with Crippen LogP contribution in [0.15, 0.2) is 77.5 Å². The number of aromatic amines is 1. The summed E-state index contributed by atoms with van der Waals surface area (Å²) in [7, 11) is 0. The summed E-state index contributed by atoms with van der Waals surface area (Å²) in [4.78, 5) is 7.65. The Kier molecular flexibility index (Phi) is 5.74. The molecule has 0 bridgehead atoms. The first-order valence-corrected chi connectivity index (χ1v) is 8.95. The molecule has 2 heterocycles. The van der Waals surface area contributed by atoms with Gasteiger partial charge in [-0.1, -0.05) is 56.0 Å². The van der Waals surface area contributed by atoms with Crippen LogP contribution in [0.25, 0.3) is 11.0 Å². The van der Waals surface area contributed by atoms with Crippen molar-refractivity contribution in [2.75, 3.05) is 0 Å². The van der Waals surface area contributed by atoms with Crippen molar-refractivity contribution in [3.05, 3.63) is 94.2 Å². The summed E-state index contributed by atoms with van der Waals surface area (Å²) < 4.78 is 7.05. The van der Waals surface area contributed by atoms with Gasteiger partial charge in [0, 0.05) is 28.7 Å². The number of fused-ring (bicyclic) bond motifs is 1. The third-order valence-corrected chi connectivity index (χ3v) is 4.61. The van der Waals surface area contributed by atoms with Gasteiger partial charge in [0.25, 0.3) is 0 Å². The van der Waals surface area contributed by atoms with E-state index in [1.807, 2.05) is 42.6 Å². The van der Waals surface area contributed by atoms with Crippen LogP contribution in [-0.2, 0) is 13.0 Å². The number of rotatable bonds is 5. The molecular formula is C22H21BrN2O. The summed E-state index contributed by atoms with van der Waals surface area (Å²) >= 11 is 3.50. The second-order valence-electron chi connectivity index (χ2n) is 5.92. The number of halogens is 1. The minimum Gasteiger partial charge on any atom is -0.489 e. The summed E-state index contributed by atoms with van der Waals surface area (Å²) in [5.41, 5.74) is 4.44. The molecule has 0 spiro atoms. The molecule has 0 aliphatic rings. The Morgan fingerprint density at radius 2 is 1.73 bits per heavy atom. The number of benzene rings is 2. The summed E-state index contributed by atoms with van der Waals surface area (Å²) in [6, 6.07) is 20.5. The molecular weight excluding hydrogens is 388 g/mol. The molecule has 1 N–H and O–H groups in total. The van der Waals surface area contributed by atoms with Gasteiger partial charge < -0.3 is 9.72 Å². The third-order valence-electron chi connectivity index (χ3n) is 4.17. The monoisotopic (exact) mass is 408 g/mol. The van der Waals surface area contributed by atoms with Gasteiger partial charge >= 0.3 is 0 Å². The lowest BCUT2D eigenvalue weighted by molar-refractivity contribution is 0.303. The quantitative estimate of drug-likeness (QED) is 0.431. The Labute approximate surface area is 162 Å². The van der Waals surface area contributed by atoms with Gasteiger partial charge in [0.1, 0.15) is 18.0 Å². The van der Waals surface area contributed by atoms with Crippen LogP contribution in [0.4, 0.5) is 0 Å². The van der Waals surface area contributed by atoms with E-state index in [1.54, 1.807) is 6.20 Å².